The van der Waals surface area contributed by atoms with Crippen molar-refractivity contribution in [3.8, 4) is 5.75 Å². The summed E-state index contributed by atoms with van der Waals surface area (Å²) < 4.78 is 38.7. The number of aromatic nitrogens is 2. The Morgan fingerprint density at radius 3 is 2.78 bits per heavy atom. The van der Waals surface area contributed by atoms with Gasteiger partial charge in [0, 0.05) is 12.3 Å². The van der Waals surface area contributed by atoms with Crippen LogP contribution in [-0.2, 0) is 10.0 Å². The zero-order valence-corrected chi connectivity index (χ0v) is 10.3. The van der Waals surface area contributed by atoms with E-state index in [2.05, 4.69) is 10.2 Å². The van der Waals surface area contributed by atoms with E-state index < -0.39 is 21.6 Å². The van der Waals surface area contributed by atoms with Gasteiger partial charge in [-0.1, -0.05) is 11.6 Å². The molecular weight excluding hydrogens is 285 g/mol. The summed E-state index contributed by atoms with van der Waals surface area (Å²) in [5.41, 5.74) is -0.346. The second kappa shape index (κ2) is 4.46. The molecule has 0 aliphatic rings. The van der Waals surface area contributed by atoms with E-state index in [-0.39, 0.29) is 15.6 Å². The van der Waals surface area contributed by atoms with Gasteiger partial charge >= 0.3 is 0 Å². The van der Waals surface area contributed by atoms with E-state index in [1.807, 2.05) is 4.72 Å². The van der Waals surface area contributed by atoms with E-state index in [0.717, 1.165) is 24.5 Å². The number of nitrogens with zero attached hydrogens (tertiary/aromatic N) is 1. The van der Waals surface area contributed by atoms with Crippen LogP contribution in [0.4, 0.5) is 10.1 Å². The van der Waals surface area contributed by atoms with Crippen molar-refractivity contribution < 1.29 is 17.9 Å². The number of anilines is 1. The number of hydrogen-bond donors (Lipinski definition) is 3. The largest absolute Gasteiger partial charge is 0.504 e. The second-order valence-corrected chi connectivity index (χ2v) is 5.41. The highest BCUT2D eigenvalue weighted by molar-refractivity contribution is 7.92. The van der Waals surface area contributed by atoms with Crippen LogP contribution in [0, 0.1) is 5.82 Å². The minimum absolute atomic E-state index is 0.151. The molecule has 9 heteroatoms. The minimum atomic E-state index is -3.96. The lowest BCUT2D eigenvalue weighted by Gasteiger charge is -2.09. The molecule has 0 fully saturated rings. The zero-order valence-electron chi connectivity index (χ0n) is 8.68. The average Bonchev–Trinajstić information content (AvgIpc) is 2.78. The number of nitrogens with one attached hydrogen (secondary N) is 2. The molecule has 2 aromatic rings. The predicted molar refractivity (Wildman–Crippen MR) is 62.5 cm³/mol. The van der Waals surface area contributed by atoms with E-state index in [1.165, 1.54) is 0 Å². The molecule has 0 aliphatic carbocycles. The topological polar surface area (TPSA) is 95.1 Å². The quantitative estimate of drug-likeness (QED) is 0.750. The Kier molecular flexibility index (Phi) is 3.14. The van der Waals surface area contributed by atoms with Gasteiger partial charge in [-0.05, 0) is 6.07 Å². The molecule has 0 spiro atoms. The van der Waals surface area contributed by atoms with Gasteiger partial charge in [-0.15, -0.1) is 0 Å². The van der Waals surface area contributed by atoms with Gasteiger partial charge in [0.05, 0.1) is 16.9 Å². The first-order valence-corrected chi connectivity index (χ1v) is 6.46. The number of aromatic amines is 1. The molecule has 0 saturated heterocycles. The zero-order chi connectivity index (χ0) is 13.3. The van der Waals surface area contributed by atoms with Crippen LogP contribution in [0.15, 0.2) is 29.4 Å². The molecule has 1 aromatic carbocycles. The molecule has 0 aliphatic heterocycles. The number of phenols is 1. The number of phenolic OH excluding ortho intramolecular Hbond substituents is 1. The molecule has 0 saturated carbocycles. The molecule has 0 amide bonds. The highest BCUT2D eigenvalue weighted by Gasteiger charge is 2.19. The summed E-state index contributed by atoms with van der Waals surface area (Å²) in [4.78, 5) is -0.151. The Bertz CT molecular complexity index is 673. The molecule has 2 rings (SSSR count). The lowest BCUT2D eigenvalue weighted by Crippen LogP contribution is -2.12. The summed E-state index contributed by atoms with van der Waals surface area (Å²) >= 11 is 5.53. The Morgan fingerprint density at radius 1 is 1.44 bits per heavy atom. The second-order valence-electron chi connectivity index (χ2n) is 3.32. The molecule has 1 heterocycles. The molecule has 96 valence electrons. The summed E-state index contributed by atoms with van der Waals surface area (Å²) in [7, 11) is -3.96. The SMILES string of the molecule is O=S(=O)(Nc1cc(F)cc(Cl)c1O)c1cn[nH]c1. The fourth-order valence-corrected chi connectivity index (χ4v) is 2.40. The van der Waals surface area contributed by atoms with Crippen molar-refractivity contribution in [2.24, 2.45) is 0 Å². The van der Waals surface area contributed by atoms with Gasteiger partial charge < -0.3 is 5.11 Å². The third-order valence-electron chi connectivity index (χ3n) is 2.06. The van der Waals surface area contributed by atoms with E-state index in [9.17, 15) is 17.9 Å². The van der Waals surface area contributed by atoms with Crippen LogP contribution < -0.4 is 4.72 Å². The third-order valence-corrected chi connectivity index (χ3v) is 3.68. The molecule has 18 heavy (non-hydrogen) atoms. The van der Waals surface area contributed by atoms with E-state index >= 15 is 0 Å². The summed E-state index contributed by atoms with van der Waals surface area (Å²) in [6.07, 6.45) is 2.21. The molecule has 6 nitrogen and oxygen atoms in total. The first kappa shape index (κ1) is 12.7. The summed E-state index contributed by atoms with van der Waals surface area (Å²) in [6, 6.07) is 1.69. The normalized spacial score (nSPS) is 11.4. The Balaban J connectivity index is 2.41. The molecule has 1 aromatic heterocycles. The number of benzene rings is 1. The van der Waals surface area contributed by atoms with Gasteiger partial charge in [0.1, 0.15) is 10.7 Å². The van der Waals surface area contributed by atoms with Crippen molar-refractivity contribution >= 4 is 27.3 Å². The maximum atomic E-state index is 13.1. The number of sulfonamides is 1. The number of H-pyrrole nitrogens is 1. The fraction of sp³-hybridized carbons (Fsp3) is 0. The van der Waals surface area contributed by atoms with Gasteiger partial charge in [0.2, 0.25) is 0 Å². The van der Waals surface area contributed by atoms with Crippen LogP contribution in [0.5, 0.6) is 5.75 Å². The highest BCUT2D eigenvalue weighted by Crippen LogP contribution is 2.33. The summed E-state index contributed by atoms with van der Waals surface area (Å²) in [5, 5.41) is 15.1. The van der Waals surface area contributed by atoms with Crippen molar-refractivity contribution in [3.63, 3.8) is 0 Å². The molecule has 0 bridgehead atoms. The van der Waals surface area contributed by atoms with E-state index in [1.54, 1.807) is 0 Å². The van der Waals surface area contributed by atoms with Gasteiger partial charge in [0.25, 0.3) is 10.0 Å². The van der Waals surface area contributed by atoms with Crippen LogP contribution in [0.25, 0.3) is 0 Å². The first-order valence-electron chi connectivity index (χ1n) is 4.60. The van der Waals surface area contributed by atoms with Crippen molar-refractivity contribution in [2.75, 3.05) is 4.72 Å². The van der Waals surface area contributed by atoms with Crippen molar-refractivity contribution in [1.29, 1.82) is 0 Å². The predicted octanol–water partition coefficient (Wildman–Crippen LogP) is 1.71. The average molecular weight is 292 g/mol. The van der Waals surface area contributed by atoms with Crippen LogP contribution >= 0.6 is 11.6 Å². The van der Waals surface area contributed by atoms with Gasteiger partial charge in [-0.25, -0.2) is 12.8 Å². The summed E-state index contributed by atoms with van der Waals surface area (Å²) in [5.74, 6) is -1.33. The van der Waals surface area contributed by atoms with Gasteiger partial charge in [0.15, 0.2) is 5.75 Å². The smallest absolute Gasteiger partial charge is 0.265 e. The molecule has 0 unspecified atom stereocenters. The molecule has 0 atom stereocenters. The van der Waals surface area contributed by atoms with Crippen LogP contribution in [0.3, 0.4) is 0 Å². The van der Waals surface area contributed by atoms with Crippen molar-refractivity contribution in [3.05, 3.63) is 35.4 Å². The molecule has 3 N–H and O–H groups in total. The van der Waals surface area contributed by atoms with E-state index in [4.69, 9.17) is 11.6 Å². The van der Waals surface area contributed by atoms with Crippen LogP contribution in [0.1, 0.15) is 0 Å². The standard InChI is InChI=1S/C9H7ClFN3O3S/c10-7-1-5(11)2-8(9(7)15)14-18(16,17)6-3-12-13-4-6/h1-4,14-15H,(H,12,13). The van der Waals surface area contributed by atoms with Gasteiger partial charge in [-0.3, -0.25) is 9.82 Å². The number of hydrogen-bond acceptors (Lipinski definition) is 4. The van der Waals surface area contributed by atoms with Crippen molar-refractivity contribution in [1.82, 2.24) is 10.2 Å². The Morgan fingerprint density at radius 2 is 2.17 bits per heavy atom. The van der Waals surface area contributed by atoms with Gasteiger partial charge in [-0.2, -0.15) is 5.10 Å². The first-order chi connectivity index (χ1) is 8.40. The number of rotatable bonds is 3. The van der Waals surface area contributed by atoms with Crippen LogP contribution in [0.2, 0.25) is 5.02 Å². The van der Waals surface area contributed by atoms with E-state index in [0.29, 0.717) is 0 Å². The lowest BCUT2D eigenvalue weighted by atomic mass is 10.3. The Hall–Kier alpha value is -1.80. The summed E-state index contributed by atoms with van der Waals surface area (Å²) in [6.45, 7) is 0. The van der Waals surface area contributed by atoms with Crippen LogP contribution in [-0.4, -0.2) is 23.7 Å². The van der Waals surface area contributed by atoms with Crippen molar-refractivity contribution in [2.45, 2.75) is 4.90 Å². The molecule has 0 radical (unpaired) electrons. The maximum absolute atomic E-state index is 13.1. The third kappa shape index (κ3) is 2.39. The minimum Gasteiger partial charge on any atom is -0.504 e. The lowest BCUT2D eigenvalue weighted by molar-refractivity contribution is 0.476. The number of halogens is 2. The molecular formula is C9H7ClFN3O3S. The fourth-order valence-electron chi connectivity index (χ4n) is 1.23. The monoisotopic (exact) mass is 291 g/mol. The maximum Gasteiger partial charge on any atom is 0.265 e. The number of aromatic hydroxyl groups is 1. The highest BCUT2D eigenvalue weighted by atomic mass is 35.5. The Labute approximate surface area is 106 Å².